The van der Waals surface area contributed by atoms with Crippen molar-refractivity contribution in [1.29, 1.82) is 0 Å². The Hall–Kier alpha value is -1.42. The molecule has 1 aliphatic rings. The molecule has 10 heteroatoms. The van der Waals surface area contributed by atoms with Crippen LogP contribution in [-0.2, 0) is 14.8 Å². The number of rotatable bonds is 4. The highest BCUT2D eigenvalue weighted by Gasteiger charge is 2.26. The highest BCUT2D eigenvalue weighted by molar-refractivity contribution is 7.90. The van der Waals surface area contributed by atoms with E-state index in [4.69, 9.17) is 21.4 Å². The van der Waals surface area contributed by atoms with Gasteiger partial charge in [-0.25, -0.2) is 12.4 Å². The Morgan fingerprint density at radius 1 is 1.48 bits per heavy atom. The van der Waals surface area contributed by atoms with Crippen LogP contribution in [-0.4, -0.2) is 65.6 Å². The second kappa shape index (κ2) is 6.23. The lowest BCUT2D eigenvalue weighted by molar-refractivity contribution is 0.0987. The van der Waals surface area contributed by atoms with Crippen molar-refractivity contribution < 1.29 is 18.3 Å². The van der Waals surface area contributed by atoms with Gasteiger partial charge in [0.1, 0.15) is 5.82 Å². The van der Waals surface area contributed by atoms with Crippen LogP contribution in [0.4, 0.5) is 5.82 Å². The predicted molar refractivity (Wildman–Crippen MR) is 86.4 cm³/mol. The van der Waals surface area contributed by atoms with Crippen LogP contribution in [0, 0.1) is 0 Å². The second-order valence-corrected chi connectivity index (χ2v) is 7.63. The molecule has 126 valence electrons. The Balaban J connectivity index is 2.16. The Morgan fingerprint density at radius 2 is 2.26 bits per heavy atom. The van der Waals surface area contributed by atoms with Gasteiger partial charge in [-0.05, 0) is 24.6 Å². The predicted octanol–water partition coefficient (Wildman–Crippen LogP) is 0.480. The van der Waals surface area contributed by atoms with Gasteiger partial charge >= 0.3 is 0 Å². The monoisotopic (exact) mass is 360 g/mol. The molecule has 0 saturated carbocycles. The Kier molecular flexibility index (Phi) is 4.45. The standard InChI is InChI=1S/C13H17ClN4O4S/c1-9-8-22-6-4-17(9)11-10-2-3-18(23(20,21)7-5-19)12(10)16-13(14)15-11/h2-3,9,19H,4-8H2,1H3. The molecule has 0 bridgehead atoms. The van der Waals surface area contributed by atoms with Gasteiger partial charge in [-0.3, -0.25) is 0 Å². The molecule has 1 aliphatic heterocycles. The van der Waals surface area contributed by atoms with Gasteiger partial charge in [0.15, 0.2) is 5.65 Å². The second-order valence-electron chi connectivity index (χ2n) is 5.32. The molecule has 0 aliphatic carbocycles. The average Bonchev–Trinajstić information content (AvgIpc) is 2.91. The van der Waals surface area contributed by atoms with E-state index in [1.165, 1.54) is 6.20 Å². The summed E-state index contributed by atoms with van der Waals surface area (Å²) in [6.45, 7) is 3.30. The summed E-state index contributed by atoms with van der Waals surface area (Å²) in [6, 6.07) is 1.74. The third-order valence-corrected chi connectivity index (χ3v) is 5.51. The van der Waals surface area contributed by atoms with Gasteiger partial charge in [0.05, 0.1) is 37.0 Å². The largest absolute Gasteiger partial charge is 0.395 e. The molecule has 23 heavy (non-hydrogen) atoms. The fourth-order valence-electron chi connectivity index (χ4n) is 2.65. The molecule has 0 spiro atoms. The maximum Gasteiger partial charge on any atom is 0.242 e. The van der Waals surface area contributed by atoms with Crippen molar-refractivity contribution in [3.63, 3.8) is 0 Å². The molecule has 1 saturated heterocycles. The van der Waals surface area contributed by atoms with Crippen LogP contribution in [0.1, 0.15) is 6.92 Å². The van der Waals surface area contributed by atoms with Gasteiger partial charge in [0.2, 0.25) is 15.3 Å². The molecule has 3 rings (SSSR count). The fourth-order valence-corrected chi connectivity index (χ4v) is 3.89. The number of fused-ring (bicyclic) bond motifs is 1. The summed E-state index contributed by atoms with van der Waals surface area (Å²) in [6.07, 6.45) is 1.41. The number of aromatic nitrogens is 3. The lowest BCUT2D eigenvalue weighted by Gasteiger charge is -2.34. The van der Waals surface area contributed by atoms with E-state index >= 15 is 0 Å². The summed E-state index contributed by atoms with van der Waals surface area (Å²) in [5, 5.41) is 9.53. The highest BCUT2D eigenvalue weighted by Crippen LogP contribution is 2.29. The van der Waals surface area contributed by atoms with Crippen molar-refractivity contribution in [2.75, 3.05) is 37.0 Å². The van der Waals surface area contributed by atoms with Crippen LogP contribution in [0.2, 0.25) is 5.28 Å². The van der Waals surface area contributed by atoms with Crippen molar-refractivity contribution in [2.24, 2.45) is 0 Å². The molecular formula is C13H17ClN4O4S. The van der Waals surface area contributed by atoms with Gasteiger partial charge < -0.3 is 14.7 Å². The molecule has 8 nitrogen and oxygen atoms in total. The molecule has 3 heterocycles. The van der Waals surface area contributed by atoms with E-state index in [1.807, 2.05) is 11.8 Å². The maximum absolute atomic E-state index is 12.2. The summed E-state index contributed by atoms with van der Waals surface area (Å²) < 4.78 is 30.9. The number of aliphatic hydroxyl groups is 1. The lowest BCUT2D eigenvalue weighted by Crippen LogP contribution is -2.44. The molecule has 1 atom stereocenters. The van der Waals surface area contributed by atoms with Crippen molar-refractivity contribution in [3.8, 4) is 0 Å². The van der Waals surface area contributed by atoms with Crippen molar-refractivity contribution in [3.05, 3.63) is 17.5 Å². The summed E-state index contributed by atoms with van der Waals surface area (Å²) >= 11 is 6.01. The quantitative estimate of drug-likeness (QED) is 0.792. The molecule has 2 aromatic heterocycles. The topological polar surface area (TPSA) is 97.5 Å². The van der Waals surface area contributed by atoms with Crippen molar-refractivity contribution >= 4 is 38.5 Å². The SMILES string of the molecule is CC1COCCN1c1nc(Cl)nc2c1ccn2S(=O)(=O)CCO. The Morgan fingerprint density at radius 3 is 2.96 bits per heavy atom. The first kappa shape index (κ1) is 16.4. The summed E-state index contributed by atoms with van der Waals surface area (Å²) in [7, 11) is -3.70. The van der Waals surface area contributed by atoms with Crippen LogP contribution < -0.4 is 4.90 Å². The Labute approximate surface area is 138 Å². The third kappa shape index (κ3) is 3.01. The number of morpholine rings is 1. The minimum absolute atomic E-state index is 0.0228. The maximum atomic E-state index is 12.2. The van der Waals surface area contributed by atoms with Crippen LogP contribution >= 0.6 is 11.6 Å². The average molecular weight is 361 g/mol. The first-order chi connectivity index (χ1) is 10.9. The fraction of sp³-hybridized carbons (Fsp3) is 0.538. The third-order valence-electron chi connectivity index (χ3n) is 3.75. The van der Waals surface area contributed by atoms with E-state index < -0.39 is 16.6 Å². The number of halogens is 1. The van der Waals surface area contributed by atoms with Crippen LogP contribution in [0.15, 0.2) is 12.3 Å². The Bertz CT molecular complexity index is 823. The zero-order valence-corrected chi connectivity index (χ0v) is 14.1. The molecule has 0 amide bonds. The van der Waals surface area contributed by atoms with Crippen LogP contribution in [0.5, 0.6) is 0 Å². The minimum atomic E-state index is -3.70. The van der Waals surface area contributed by atoms with Gasteiger partial charge in [0.25, 0.3) is 0 Å². The normalized spacial score (nSPS) is 19.4. The first-order valence-electron chi connectivity index (χ1n) is 7.17. The molecule has 2 aromatic rings. The molecular weight excluding hydrogens is 344 g/mol. The van der Waals surface area contributed by atoms with E-state index in [0.717, 1.165) is 3.97 Å². The molecule has 0 radical (unpaired) electrons. The van der Waals surface area contributed by atoms with Gasteiger partial charge in [-0.1, -0.05) is 0 Å². The lowest BCUT2D eigenvalue weighted by atomic mass is 10.2. The zero-order chi connectivity index (χ0) is 16.6. The number of anilines is 1. The highest BCUT2D eigenvalue weighted by atomic mass is 35.5. The van der Waals surface area contributed by atoms with Crippen molar-refractivity contribution in [1.82, 2.24) is 13.9 Å². The molecule has 1 fully saturated rings. The van der Waals surface area contributed by atoms with Gasteiger partial charge in [-0.2, -0.15) is 9.97 Å². The summed E-state index contributed by atoms with van der Waals surface area (Å²) in [4.78, 5) is 10.4. The van der Waals surface area contributed by atoms with Crippen molar-refractivity contribution in [2.45, 2.75) is 13.0 Å². The summed E-state index contributed by atoms with van der Waals surface area (Å²) in [5.41, 5.74) is 0.215. The van der Waals surface area contributed by atoms with E-state index in [2.05, 4.69) is 9.97 Å². The van der Waals surface area contributed by atoms with E-state index in [0.29, 0.717) is 31.0 Å². The minimum Gasteiger partial charge on any atom is -0.395 e. The van der Waals surface area contributed by atoms with E-state index in [-0.39, 0.29) is 22.7 Å². The number of ether oxygens (including phenoxy) is 1. The first-order valence-corrected chi connectivity index (χ1v) is 9.16. The number of aliphatic hydroxyl groups excluding tert-OH is 1. The number of hydrogen-bond donors (Lipinski definition) is 1. The number of hydrogen-bond acceptors (Lipinski definition) is 7. The van der Waals surface area contributed by atoms with E-state index in [9.17, 15) is 8.42 Å². The van der Waals surface area contributed by atoms with Crippen LogP contribution in [0.25, 0.3) is 11.0 Å². The molecule has 0 aromatic carbocycles. The van der Waals surface area contributed by atoms with Gasteiger partial charge in [-0.15, -0.1) is 0 Å². The van der Waals surface area contributed by atoms with E-state index in [1.54, 1.807) is 6.07 Å². The molecule has 1 N–H and O–H groups in total. The number of nitrogens with zero attached hydrogens (tertiary/aromatic N) is 4. The smallest absolute Gasteiger partial charge is 0.242 e. The zero-order valence-electron chi connectivity index (χ0n) is 12.5. The van der Waals surface area contributed by atoms with Crippen LogP contribution in [0.3, 0.4) is 0 Å². The summed E-state index contributed by atoms with van der Waals surface area (Å²) in [5.74, 6) is 0.204. The van der Waals surface area contributed by atoms with Gasteiger partial charge in [0, 0.05) is 12.7 Å². The molecule has 1 unspecified atom stereocenters.